The first-order chi connectivity index (χ1) is 15.8. The Morgan fingerprint density at radius 2 is 1.82 bits per heavy atom. The van der Waals surface area contributed by atoms with Crippen molar-refractivity contribution < 1.29 is 28.6 Å². The van der Waals surface area contributed by atoms with Crippen LogP contribution in [0.2, 0.25) is 0 Å². The number of thioether (sulfide) groups is 1. The summed E-state index contributed by atoms with van der Waals surface area (Å²) < 4.78 is 15.8. The third-order valence-corrected chi connectivity index (χ3v) is 6.80. The van der Waals surface area contributed by atoms with Crippen LogP contribution in [0.5, 0.6) is 17.2 Å². The number of aryl methyl sites for hydroxylation is 1. The van der Waals surface area contributed by atoms with Crippen LogP contribution in [0, 0.1) is 6.92 Å². The van der Waals surface area contributed by atoms with Crippen LogP contribution >= 0.6 is 23.1 Å². The Balaban J connectivity index is 1.69. The second kappa shape index (κ2) is 10.8. The zero-order valence-corrected chi connectivity index (χ0v) is 20.6. The van der Waals surface area contributed by atoms with Crippen LogP contribution in [-0.4, -0.2) is 72.6 Å². The van der Waals surface area contributed by atoms with Gasteiger partial charge in [-0.25, -0.2) is 4.98 Å². The molecule has 1 aliphatic rings. The van der Waals surface area contributed by atoms with E-state index in [4.69, 9.17) is 14.2 Å². The SMILES string of the molecule is COc1cc(C(=O)NC(C)C(=O)N2CSCC2C(=O)Nc2ncc(C)s2)cc(OC)c1OC. The molecule has 2 heterocycles. The van der Waals surface area contributed by atoms with Crippen molar-refractivity contribution in [1.29, 1.82) is 0 Å². The molecule has 3 amide bonds. The maximum atomic E-state index is 13.1. The monoisotopic (exact) mass is 494 g/mol. The van der Waals surface area contributed by atoms with Crippen molar-refractivity contribution in [2.75, 3.05) is 38.3 Å². The van der Waals surface area contributed by atoms with Gasteiger partial charge in [0, 0.05) is 22.4 Å². The number of amides is 3. The fourth-order valence-corrected chi connectivity index (χ4v) is 5.11. The van der Waals surface area contributed by atoms with E-state index in [1.165, 1.54) is 61.5 Å². The maximum absolute atomic E-state index is 13.1. The van der Waals surface area contributed by atoms with E-state index in [0.717, 1.165) is 4.88 Å². The number of aromatic nitrogens is 1. The Kier molecular flexibility index (Phi) is 8.03. The van der Waals surface area contributed by atoms with Gasteiger partial charge in [-0.2, -0.15) is 0 Å². The first-order valence-corrected chi connectivity index (χ1v) is 12.0. The normalized spacial score (nSPS) is 16.2. The average Bonchev–Trinajstić information content (AvgIpc) is 3.46. The van der Waals surface area contributed by atoms with Gasteiger partial charge >= 0.3 is 0 Å². The molecule has 1 aromatic carbocycles. The summed E-state index contributed by atoms with van der Waals surface area (Å²) >= 11 is 2.84. The van der Waals surface area contributed by atoms with Crippen molar-refractivity contribution in [2.45, 2.75) is 25.9 Å². The van der Waals surface area contributed by atoms with E-state index in [2.05, 4.69) is 15.6 Å². The molecular weight excluding hydrogens is 468 g/mol. The third kappa shape index (κ3) is 5.50. The molecule has 33 heavy (non-hydrogen) atoms. The van der Waals surface area contributed by atoms with Crippen LogP contribution in [0.3, 0.4) is 0 Å². The van der Waals surface area contributed by atoms with Gasteiger partial charge in [-0.1, -0.05) is 0 Å². The molecular formula is C21H26N4O6S2. The molecule has 1 aromatic heterocycles. The molecule has 0 bridgehead atoms. The van der Waals surface area contributed by atoms with Crippen LogP contribution in [0.1, 0.15) is 22.2 Å². The molecule has 0 aliphatic carbocycles. The molecule has 3 rings (SSSR count). The highest BCUT2D eigenvalue weighted by Gasteiger charge is 2.37. The highest BCUT2D eigenvalue weighted by Crippen LogP contribution is 2.38. The van der Waals surface area contributed by atoms with Crippen LogP contribution < -0.4 is 24.8 Å². The number of anilines is 1. The lowest BCUT2D eigenvalue weighted by Gasteiger charge is -2.26. The minimum atomic E-state index is -0.854. The smallest absolute Gasteiger partial charge is 0.252 e. The molecule has 0 radical (unpaired) electrons. The van der Waals surface area contributed by atoms with Gasteiger partial charge in [0.15, 0.2) is 16.6 Å². The van der Waals surface area contributed by atoms with Crippen LogP contribution in [0.15, 0.2) is 18.3 Å². The maximum Gasteiger partial charge on any atom is 0.252 e. The van der Waals surface area contributed by atoms with Gasteiger partial charge in [0.1, 0.15) is 12.1 Å². The predicted molar refractivity (Wildman–Crippen MR) is 126 cm³/mol. The second-order valence-electron chi connectivity index (χ2n) is 7.20. The van der Waals surface area contributed by atoms with E-state index in [0.29, 0.717) is 34.0 Å². The Morgan fingerprint density at radius 3 is 2.36 bits per heavy atom. The topological polar surface area (TPSA) is 119 Å². The lowest BCUT2D eigenvalue weighted by molar-refractivity contribution is -0.137. The van der Waals surface area contributed by atoms with Crippen molar-refractivity contribution in [3.05, 3.63) is 28.8 Å². The molecule has 178 valence electrons. The van der Waals surface area contributed by atoms with E-state index in [9.17, 15) is 14.4 Å². The molecule has 1 fully saturated rings. The van der Waals surface area contributed by atoms with E-state index in [-0.39, 0.29) is 17.4 Å². The number of nitrogens with zero attached hydrogens (tertiary/aromatic N) is 2. The summed E-state index contributed by atoms with van der Waals surface area (Å²) in [5, 5.41) is 5.95. The minimum Gasteiger partial charge on any atom is -0.493 e. The van der Waals surface area contributed by atoms with Crippen LogP contribution in [-0.2, 0) is 9.59 Å². The summed E-state index contributed by atoms with van der Waals surface area (Å²) in [6, 6.07) is 1.51. The molecule has 10 nitrogen and oxygen atoms in total. The zero-order chi connectivity index (χ0) is 24.1. The number of benzene rings is 1. The van der Waals surface area contributed by atoms with Gasteiger partial charge in [0.25, 0.3) is 5.91 Å². The summed E-state index contributed by atoms with van der Waals surface area (Å²) in [5.74, 6) is 0.702. The molecule has 2 unspecified atom stereocenters. The van der Waals surface area contributed by atoms with E-state index in [1.54, 1.807) is 13.1 Å². The number of hydrogen-bond donors (Lipinski definition) is 2. The number of carbonyl (C=O) groups excluding carboxylic acids is 3. The molecule has 0 saturated carbocycles. The molecule has 0 spiro atoms. The van der Waals surface area contributed by atoms with Crippen LogP contribution in [0.4, 0.5) is 5.13 Å². The molecule has 2 N–H and O–H groups in total. The Morgan fingerprint density at radius 1 is 1.15 bits per heavy atom. The molecule has 1 saturated heterocycles. The number of thiazole rings is 1. The Bertz CT molecular complexity index is 1020. The fourth-order valence-electron chi connectivity index (χ4n) is 3.28. The molecule has 1 aliphatic heterocycles. The van der Waals surface area contributed by atoms with Crippen molar-refractivity contribution in [3.63, 3.8) is 0 Å². The lowest BCUT2D eigenvalue weighted by atomic mass is 10.1. The average molecular weight is 495 g/mol. The second-order valence-corrected chi connectivity index (χ2v) is 9.43. The lowest BCUT2D eigenvalue weighted by Crippen LogP contribution is -2.52. The van der Waals surface area contributed by atoms with Gasteiger partial charge in [-0.15, -0.1) is 23.1 Å². The number of methoxy groups -OCH3 is 3. The highest BCUT2D eigenvalue weighted by atomic mass is 32.2. The summed E-state index contributed by atoms with van der Waals surface area (Å²) in [6.45, 7) is 3.48. The van der Waals surface area contributed by atoms with Crippen molar-refractivity contribution >= 4 is 46.0 Å². The Hall–Kier alpha value is -2.99. The Labute approximate surface area is 200 Å². The third-order valence-electron chi connectivity index (χ3n) is 4.96. The predicted octanol–water partition coefficient (Wildman–Crippen LogP) is 2.14. The number of carbonyl (C=O) groups is 3. The van der Waals surface area contributed by atoms with E-state index < -0.39 is 18.0 Å². The quantitative estimate of drug-likeness (QED) is 0.573. The summed E-state index contributed by atoms with van der Waals surface area (Å²) in [4.78, 5) is 45.2. The van der Waals surface area contributed by atoms with Gasteiger partial charge in [0.05, 0.1) is 27.2 Å². The first kappa shape index (κ1) is 24.6. The molecule has 2 atom stereocenters. The fraction of sp³-hybridized carbons (Fsp3) is 0.429. The van der Waals surface area contributed by atoms with Crippen molar-refractivity contribution in [2.24, 2.45) is 0 Å². The summed E-state index contributed by atoms with van der Waals surface area (Å²) in [5.41, 5.74) is 0.244. The zero-order valence-electron chi connectivity index (χ0n) is 19.0. The number of rotatable bonds is 8. The molecule has 2 aromatic rings. The first-order valence-electron chi connectivity index (χ1n) is 10.0. The van der Waals surface area contributed by atoms with E-state index >= 15 is 0 Å². The summed E-state index contributed by atoms with van der Waals surface area (Å²) in [6.07, 6.45) is 1.67. The number of ether oxygens (including phenoxy) is 3. The minimum absolute atomic E-state index is 0.244. The van der Waals surface area contributed by atoms with Gasteiger partial charge in [-0.05, 0) is 26.0 Å². The van der Waals surface area contributed by atoms with Crippen LogP contribution in [0.25, 0.3) is 0 Å². The highest BCUT2D eigenvalue weighted by molar-refractivity contribution is 7.99. The number of hydrogen-bond acceptors (Lipinski definition) is 9. The summed E-state index contributed by atoms with van der Waals surface area (Å²) in [7, 11) is 4.37. The van der Waals surface area contributed by atoms with Gasteiger partial charge in [0.2, 0.25) is 17.6 Å². The van der Waals surface area contributed by atoms with Gasteiger partial charge < -0.3 is 29.7 Å². The number of nitrogens with one attached hydrogen (secondary N) is 2. The largest absolute Gasteiger partial charge is 0.493 e. The van der Waals surface area contributed by atoms with Gasteiger partial charge in [-0.3, -0.25) is 14.4 Å². The van der Waals surface area contributed by atoms with Crippen molar-refractivity contribution in [3.8, 4) is 17.2 Å². The van der Waals surface area contributed by atoms with E-state index in [1.807, 2.05) is 6.92 Å². The molecule has 12 heteroatoms. The standard InChI is InChI=1S/C21H26N4O6S2/c1-11-8-22-21(33-11)24-19(27)14-9-32-10-25(14)20(28)12(2)23-18(26)13-6-15(29-3)17(31-5)16(7-13)30-4/h6-8,12,14H,9-10H2,1-5H3,(H,23,26)(H,22,24,27). The van der Waals surface area contributed by atoms with Crippen molar-refractivity contribution in [1.82, 2.24) is 15.2 Å².